The van der Waals surface area contributed by atoms with Gasteiger partial charge in [0.1, 0.15) is 0 Å². The van der Waals surface area contributed by atoms with Gasteiger partial charge in [0, 0.05) is 48.5 Å². The van der Waals surface area contributed by atoms with Crippen LogP contribution in [-0.2, 0) is 27.4 Å². The number of nitrogens with one attached hydrogen (secondary N) is 2. The second-order valence-electron chi connectivity index (χ2n) is 16.7. The van der Waals surface area contributed by atoms with Gasteiger partial charge in [0.25, 0.3) is 5.91 Å². The topological polar surface area (TPSA) is 113 Å². The van der Waals surface area contributed by atoms with E-state index in [4.69, 9.17) is 9.47 Å². The number of piperidine rings is 1. The molecule has 0 unspecified atom stereocenters. The second-order valence-corrected chi connectivity index (χ2v) is 16.7. The Balaban J connectivity index is 1.13. The molecular formula is C46H56N4O5. The fraction of sp³-hybridized carbons (Fsp3) is 0.457. The van der Waals surface area contributed by atoms with Gasteiger partial charge < -0.3 is 25.2 Å². The molecule has 2 amide bonds. The molecule has 2 saturated heterocycles. The molecule has 4 aromatic rings. The number of aromatic nitrogens is 1. The fourth-order valence-electron chi connectivity index (χ4n) is 8.74. The Morgan fingerprint density at radius 2 is 1.62 bits per heavy atom. The van der Waals surface area contributed by atoms with Crippen molar-refractivity contribution >= 4 is 11.8 Å². The van der Waals surface area contributed by atoms with Crippen LogP contribution in [-0.4, -0.2) is 57.1 Å². The normalized spacial score (nSPS) is 25.8. The highest BCUT2D eigenvalue weighted by Gasteiger charge is 2.46. The van der Waals surface area contributed by atoms with E-state index in [0.717, 1.165) is 52.6 Å². The first-order chi connectivity index (χ1) is 26.6. The van der Waals surface area contributed by atoms with Crippen molar-refractivity contribution in [3.8, 4) is 11.1 Å². The highest BCUT2D eigenvalue weighted by molar-refractivity contribution is 5.93. The molecule has 9 heteroatoms. The minimum atomic E-state index is -0.611. The number of nitrogens with zero attached hydrogens (tertiary/aromatic N) is 2. The van der Waals surface area contributed by atoms with E-state index in [1.165, 1.54) is 19.3 Å². The summed E-state index contributed by atoms with van der Waals surface area (Å²) in [4.78, 5) is 33.0. The number of rotatable bonds is 10. The molecule has 7 rings (SSSR count). The predicted octanol–water partition coefficient (Wildman–Crippen LogP) is 7.90. The lowest BCUT2D eigenvalue weighted by Crippen LogP contribution is -2.61. The van der Waals surface area contributed by atoms with E-state index in [0.29, 0.717) is 30.6 Å². The molecule has 1 saturated carbocycles. The Morgan fingerprint density at radius 1 is 0.855 bits per heavy atom. The fourth-order valence-corrected chi connectivity index (χ4v) is 8.74. The van der Waals surface area contributed by atoms with Gasteiger partial charge in [-0.2, -0.15) is 0 Å². The average molecular weight is 745 g/mol. The maximum Gasteiger partial charge on any atom is 0.253 e. The third-order valence-corrected chi connectivity index (χ3v) is 11.6. The van der Waals surface area contributed by atoms with Gasteiger partial charge in [-0.25, -0.2) is 0 Å². The molecule has 55 heavy (non-hydrogen) atoms. The van der Waals surface area contributed by atoms with Gasteiger partial charge in [-0.15, -0.1) is 0 Å². The van der Waals surface area contributed by atoms with E-state index in [2.05, 4.69) is 96.7 Å². The van der Waals surface area contributed by atoms with Crippen LogP contribution in [0.15, 0.2) is 97.3 Å². The summed E-state index contributed by atoms with van der Waals surface area (Å²) in [6, 6.07) is 28.2. The number of carbonyl (C=O) groups excluding carboxylic acids is 2. The molecule has 3 fully saturated rings. The number of hydrogen-bond acceptors (Lipinski definition) is 7. The lowest BCUT2D eigenvalue weighted by molar-refractivity contribution is -0.278. The average Bonchev–Trinajstić information content (AvgIpc) is 3.20. The number of amides is 2. The van der Waals surface area contributed by atoms with Crippen LogP contribution in [0.2, 0.25) is 0 Å². The van der Waals surface area contributed by atoms with Crippen molar-refractivity contribution in [2.75, 3.05) is 6.54 Å². The van der Waals surface area contributed by atoms with Gasteiger partial charge in [0.05, 0.1) is 30.4 Å². The summed E-state index contributed by atoms with van der Waals surface area (Å²) in [5.41, 5.74) is 6.14. The minimum Gasteiger partial charge on any atom is -0.392 e. The maximum atomic E-state index is 13.9. The van der Waals surface area contributed by atoms with Crippen molar-refractivity contribution in [1.82, 2.24) is 20.5 Å². The first-order valence-corrected chi connectivity index (χ1v) is 20.0. The van der Waals surface area contributed by atoms with Crippen LogP contribution >= 0.6 is 0 Å². The van der Waals surface area contributed by atoms with Crippen molar-refractivity contribution in [2.45, 2.75) is 115 Å². The van der Waals surface area contributed by atoms with Crippen LogP contribution in [0.4, 0.5) is 0 Å². The van der Waals surface area contributed by atoms with E-state index in [1.807, 2.05) is 24.3 Å². The van der Waals surface area contributed by atoms with E-state index >= 15 is 0 Å². The van der Waals surface area contributed by atoms with Crippen LogP contribution in [0.5, 0.6) is 0 Å². The third-order valence-electron chi connectivity index (χ3n) is 11.6. The predicted molar refractivity (Wildman–Crippen MR) is 214 cm³/mol. The zero-order valence-electron chi connectivity index (χ0n) is 32.6. The van der Waals surface area contributed by atoms with Crippen molar-refractivity contribution in [1.29, 1.82) is 0 Å². The molecular weight excluding hydrogens is 689 g/mol. The maximum absolute atomic E-state index is 13.9. The van der Waals surface area contributed by atoms with Gasteiger partial charge in [-0.3, -0.25) is 19.5 Å². The van der Waals surface area contributed by atoms with Crippen LogP contribution in [0.3, 0.4) is 0 Å². The first-order valence-electron chi connectivity index (χ1n) is 20.0. The number of ether oxygens (including phenoxy) is 2. The molecule has 7 atom stereocenters. The van der Waals surface area contributed by atoms with Crippen molar-refractivity contribution in [3.05, 3.63) is 125 Å². The molecule has 1 aromatic heterocycles. The number of aliphatic hydroxyl groups excluding tert-OH is 1. The lowest BCUT2D eigenvalue weighted by atomic mass is 9.75. The van der Waals surface area contributed by atoms with Crippen molar-refractivity contribution in [2.24, 2.45) is 11.8 Å². The number of pyridine rings is 1. The molecule has 3 aliphatic rings. The molecule has 9 nitrogen and oxygen atoms in total. The third kappa shape index (κ3) is 9.35. The summed E-state index contributed by atoms with van der Waals surface area (Å²) >= 11 is 0. The number of hydrogen-bond donors (Lipinski definition) is 3. The van der Waals surface area contributed by atoms with E-state index in [1.54, 1.807) is 24.5 Å². The number of carbonyl (C=O) groups is 2. The lowest BCUT2D eigenvalue weighted by Gasteiger charge is -2.51. The molecule has 0 bridgehead atoms. The Kier molecular flexibility index (Phi) is 12.1. The number of fused-ring (bicyclic) bond motifs is 1. The largest absolute Gasteiger partial charge is 0.392 e. The molecule has 2 aliphatic heterocycles. The smallest absolute Gasteiger partial charge is 0.253 e. The van der Waals surface area contributed by atoms with E-state index in [-0.39, 0.29) is 48.1 Å². The summed E-state index contributed by atoms with van der Waals surface area (Å²) < 4.78 is 13.8. The van der Waals surface area contributed by atoms with Crippen LogP contribution in [0.1, 0.15) is 111 Å². The SMILES string of the molecule is C[C@H]1[C@@H](CN2[C@@H](C(=O)NC(C)(C)C)CC[C@H]3CCCC[C@H]32)O[C@@H](c2ccc(-c3cccc(CNC(=O)c4cccnc4)c3)cc2)O[C@H]1c1ccc(CO)cc1. The monoisotopic (exact) mass is 744 g/mol. The molecule has 3 aromatic carbocycles. The Bertz CT molecular complexity index is 1890. The van der Waals surface area contributed by atoms with Crippen molar-refractivity contribution < 1.29 is 24.2 Å². The van der Waals surface area contributed by atoms with Gasteiger partial charge >= 0.3 is 0 Å². The standard InChI is InChI=1S/C46H56N4O5/c1-30-41(28-50-39-13-6-5-10-34(39)22-23-40(50)44(53)49-46(2,3)4)54-45(55-42(30)35-16-14-31(29-51)15-17-35)36-20-18-33(19-21-36)37-11-7-9-32(25-37)26-48-43(52)38-12-8-24-47-27-38/h7-9,11-12,14-21,24-25,27,30,34,39-42,45,51H,5-6,10,13,22-23,26,28-29H2,1-4H3,(H,48,52)(H,49,53)/t30-,34+,39+,40+,41+,42+,45+/m0/s1. The zero-order valence-corrected chi connectivity index (χ0v) is 32.6. The molecule has 0 spiro atoms. The van der Waals surface area contributed by atoms with Crippen LogP contribution in [0, 0.1) is 11.8 Å². The number of aliphatic hydroxyl groups is 1. The van der Waals surface area contributed by atoms with Gasteiger partial charge in [-0.05, 0) is 98.4 Å². The Labute approximate surface area is 325 Å². The summed E-state index contributed by atoms with van der Waals surface area (Å²) in [6.07, 6.45) is 8.89. The van der Waals surface area contributed by atoms with Crippen LogP contribution < -0.4 is 10.6 Å². The van der Waals surface area contributed by atoms with E-state index < -0.39 is 6.29 Å². The first kappa shape index (κ1) is 38.8. The highest BCUT2D eigenvalue weighted by Crippen LogP contribution is 2.44. The molecule has 0 radical (unpaired) electrons. The number of benzene rings is 3. The summed E-state index contributed by atoms with van der Waals surface area (Å²) in [5.74, 6) is 0.559. The zero-order chi connectivity index (χ0) is 38.5. The summed E-state index contributed by atoms with van der Waals surface area (Å²) in [5, 5.41) is 16.0. The van der Waals surface area contributed by atoms with E-state index in [9.17, 15) is 14.7 Å². The second kappa shape index (κ2) is 17.2. The van der Waals surface area contributed by atoms with Gasteiger partial charge in [0.15, 0.2) is 6.29 Å². The Morgan fingerprint density at radius 3 is 2.35 bits per heavy atom. The minimum absolute atomic E-state index is 0.00665. The number of likely N-dealkylation sites (tertiary alicyclic amines) is 1. The molecule has 290 valence electrons. The highest BCUT2D eigenvalue weighted by atomic mass is 16.7. The summed E-state index contributed by atoms with van der Waals surface area (Å²) in [7, 11) is 0. The van der Waals surface area contributed by atoms with Gasteiger partial charge in [0.2, 0.25) is 5.91 Å². The Hall–Kier alpha value is -4.41. The molecule has 3 heterocycles. The van der Waals surface area contributed by atoms with Crippen LogP contribution in [0.25, 0.3) is 11.1 Å². The quantitative estimate of drug-likeness (QED) is 0.151. The molecule has 3 N–H and O–H groups in total. The van der Waals surface area contributed by atoms with Gasteiger partial charge in [-0.1, -0.05) is 86.5 Å². The summed E-state index contributed by atoms with van der Waals surface area (Å²) in [6.45, 7) is 9.39. The van der Waals surface area contributed by atoms with Crippen molar-refractivity contribution in [3.63, 3.8) is 0 Å². The molecule has 1 aliphatic carbocycles.